The maximum Gasteiger partial charge on any atom is 0.243 e. The van der Waals surface area contributed by atoms with Gasteiger partial charge in [-0.2, -0.15) is 0 Å². The van der Waals surface area contributed by atoms with Gasteiger partial charge in [0.2, 0.25) is 5.91 Å². The van der Waals surface area contributed by atoms with E-state index in [0.29, 0.717) is 22.3 Å². The van der Waals surface area contributed by atoms with E-state index in [4.69, 9.17) is 28.9 Å². The normalized spacial score (nSPS) is 18.0. The Morgan fingerprint density at radius 1 is 1.19 bits per heavy atom. The van der Waals surface area contributed by atoms with Crippen molar-refractivity contribution in [1.82, 2.24) is 0 Å². The van der Waals surface area contributed by atoms with E-state index in [1.54, 1.807) is 12.1 Å². The van der Waals surface area contributed by atoms with Crippen molar-refractivity contribution in [3.05, 3.63) is 52.5 Å². The quantitative estimate of drug-likeness (QED) is 0.846. The number of rotatable bonds is 1. The molecule has 108 valence electrons. The number of para-hydroxylation sites is 1. The molecule has 1 heterocycles. The summed E-state index contributed by atoms with van der Waals surface area (Å²) < 4.78 is 0. The molecular formula is C15H13Cl2N3O. The maximum absolute atomic E-state index is 12.0. The molecule has 0 spiro atoms. The number of nitrogens with one attached hydrogen (secondary N) is 1. The molecule has 2 aromatic rings. The van der Waals surface area contributed by atoms with Crippen LogP contribution < -0.4 is 16.0 Å². The van der Waals surface area contributed by atoms with Crippen molar-refractivity contribution in [3.63, 3.8) is 0 Å². The largest absolute Gasteiger partial charge is 0.338 e. The topological polar surface area (TPSA) is 58.4 Å². The van der Waals surface area contributed by atoms with E-state index in [0.717, 1.165) is 11.4 Å². The van der Waals surface area contributed by atoms with Gasteiger partial charge in [-0.25, -0.2) is 0 Å². The van der Waals surface area contributed by atoms with Crippen LogP contribution in [0.4, 0.5) is 17.1 Å². The van der Waals surface area contributed by atoms with Gasteiger partial charge in [-0.15, -0.1) is 0 Å². The molecule has 1 atom stereocenters. The summed E-state index contributed by atoms with van der Waals surface area (Å²) >= 11 is 12.3. The van der Waals surface area contributed by atoms with Crippen LogP contribution in [-0.2, 0) is 4.79 Å². The van der Waals surface area contributed by atoms with Crippen molar-refractivity contribution in [2.75, 3.05) is 16.8 Å². The molecule has 3 N–H and O–H groups in total. The molecule has 4 nitrogen and oxygen atoms in total. The Morgan fingerprint density at radius 3 is 2.71 bits per heavy atom. The highest BCUT2D eigenvalue weighted by Gasteiger charge is 2.27. The number of carbonyl (C=O) groups excluding carboxylic acids is 1. The zero-order valence-electron chi connectivity index (χ0n) is 11.0. The molecule has 1 aliphatic rings. The van der Waals surface area contributed by atoms with E-state index in [9.17, 15) is 4.79 Å². The summed E-state index contributed by atoms with van der Waals surface area (Å²) in [6, 6.07) is 12.2. The minimum absolute atomic E-state index is 0.256. The van der Waals surface area contributed by atoms with Crippen molar-refractivity contribution >= 4 is 46.2 Å². The summed E-state index contributed by atoms with van der Waals surface area (Å²) in [5.41, 5.74) is 8.17. The second-order valence-corrected chi connectivity index (χ2v) is 5.66. The molecule has 6 heteroatoms. The zero-order valence-corrected chi connectivity index (χ0v) is 12.5. The molecule has 0 aromatic heterocycles. The van der Waals surface area contributed by atoms with Crippen LogP contribution in [-0.4, -0.2) is 18.5 Å². The van der Waals surface area contributed by atoms with Crippen LogP contribution >= 0.6 is 23.2 Å². The first-order valence-electron chi connectivity index (χ1n) is 6.44. The van der Waals surface area contributed by atoms with Gasteiger partial charge in [0.1, 0.15) is 6.04 Å². The third-order valence-electron chi connectivity index (χ3n) is 3.37. The molecule has 0 saturated heterocycles. The third-order valence-corrected chi connectivity index (χ3v) is 3.92. The van der Waals surface area contributed by atoms with Crippen LogP contribution in [0.15, 0.2) is 42.5 Å². The lowest BCUT2D eigenvalue weighted by atomic mass is 10.2. The fraction of sp³-hybridized carbons (Fsp3) is 0.133. The average Bonchev–Trinajstić information content (AvgIpc) is 2.58. The van der Waals surface area contributed by atoms with Crippen molar-refractivity contribution in [1.29, 1.82) is 0 Å². The number of hydrogen-bond acceptors (Lipinski definition) is 3. The highest BCUT2D eigenvalue weighted by molar-refractivity contribution is 6.34. The molecule has 0 bridgehead atoms. The van der Waals surface area contributed by atoms with Crippen molar-refractivity contribution in [2.24, 2.45) is 5.73 Å². The van der Waals surface area contributed by atoms with E-state index in [2.05, 4.69) is 5.32 Å². The van der Waals surface area contributed by atoms with Crippen LogP contribution in [0.3, 0.4) is 0 Å². The van der Waals surface area contributed by atoms with Gasteiger partial charge in [0.15, 0.2) is 0 Å². The van der Waals surface area contributed by atoms with Crippen LogP contribution in [0.2, 0.25) is 10.0 Å². The van der Waals surface area contributed by atoms with Gasteiger partial charge < -0.3 is 16.0 Å². The van der Waals surface area contributed by atoms with Gasteiger partial charge in [-0.3, -0.25) is 4.79 Å². The number of amides is 1. The third kappa shape index (κ3) is 2.70. The van der Waals surface area contributed by atoms with E-state index >= 15 is 0 Å². The maximum atomic E-state index is 12.0. The number of hydrogen-bond donors (Lipinski definition) is 2. The summed E-state index contributed by atoms with van der Waals surface area (Å²) in [6.07, 6.45) is 0. The highest BCUT2D eigenvalue weighted by atomic mass is 35.5. The van der Waals surface area contributed by atoms with Crippen LogP contribution in [0.25, 0.3) is 0 Å². The molecule has 0 aliphatic carbocycles. The second-order valence-electron chi connectivity index (χ2n) is 4.82. The van der Waals surface area contributed by atoms with Gasteiger partial charge in [-0.1, -0.05) is 35.3 Å². The molecule has 2 aromatic carbocycles. The summed E-state index contributed by atoms with van der Waals surface area (Å²) in [5.74, 6) is -0.256. The first-order chi connectivity index (χ1) is 10.1. The average molecular weight is 322 g/mol. The van der Waals surface area contributed by atoms with Crippen molar-refractivity contribution in [2.45, 2.75) is 6.04 Å². The molecule has 0 saturated carbocycles. The predicted octanol–water partition coefficient (Wildman–Crippen LogP) is 3.41. The molecule has 3 rings (SSSR count). The Labute approximate surface area is 132 Å². The minimum atomic E-state index is -0.660. The van der Waals surface area contributed by atoms with Crippen LogP contribution in [0.5, 0.6) is 0 Å². The van der Waals surface area contributed by atoms with Gasteiger partial charge in [0.05, 0.1) is 16.4 Å². The SMILES string of the molecule is NC1CN(c2cccc(Cl)c2)c2cccc(Cl)c2NC1=O. The molecule has 1 amide bonds. The number of nitrogens with two attached hydrogens (primary N) is 1. The van der Waals surface area contributed by atoms with Gasteiger partial charge in [-0.05, 0) is 30.3 Å². The predicted molar refractivity (Wildman–Crippen MR) is 86.5 cm³/mol. The summed E-state index contributed by atoms with van der Waals surface area (Å²) in [7, 11) is 0. The van der Waals surface area contributed by atoms with Gasteiger partial charge in [0, 0.05) is 17.3 Å². The van der Waals surface area contributed by atoms with Gasteiger partial charge in [0.25, 0.3) is 0 Å². The van der Waals surface area contributed by atoms with Crippen LogP contribution in [0.1, 0.15) is 0 Å². The molecule has 21 heavy (non-hydrogen) atoms. The van der Waals surface area contributed by atoms with E-state index < -0.39 is 6.04 Å². The monoisotopic (exact) mass is 321 g/mol. The Balaban J connectivity index is 2.16. The lowest BCUT2D eigenvalue weighted by Crippen LogP contribution is -2.41. The number of anilines is 3. The summed E-state index contributed by atoms with van der Waals surface area (Å²) in [6.45, 7) is 0.347. The lowest BCUT2D eigenvalue weighted by molar-refractivity contribution is -0.117. The smallest absolute Gasteiger partial charge is 0.243 e. The number of carbonyl (C=O) groups is 1. The fourth-order valence-electron chi connectivity index (χ4n) is 2.34. The van der Waals surface area contributed by atoms with Crippen LogP contribution in [0, 0.1) is 0 Å². The fourth-order valence-corrected chi connectivity index (χ4v) is 2.75. The highest BCUT2D eigenvalue weighted by Crippen LogP contribution is 2.39. The van der Waals surface area contributed by atoms with E-state index in [1.807, 2.05) is 35.2 Å². The standard InChI is InChI=1S/C15H13Cl2N3O/c16-9-3-1-4-10(7-9)20-8-12(18)15(21)19-14-11(17)5-2-6-13(14)20/h1-7,12H,8,18H2,(H,19,21). The van der Waals surface area contributed by atoms with E-state index in [-0.39, 0.29) is 5.91 Å². The van der Waals surface area contributed by atoms with E-state index in [1.165, 1.54) is 0 Å². The number of fused-ring (bicyclic) bond motifs is 1. The Hall–Kier alpha value is -1.75. The Kier molecular flexibility index (Phi) is 3.76. The Bertz CT molecular complexity index is 705. The number of benzene rings is 2. The first kappa shape index (κ1) is 14.2. The summed E-state index contributed by atoms with van der Waals surface area (Å²) in [4.78, 5) is 14.0. The molecule has 1 aliphatic heterocycles. The zero-order chi connectivity index (χ0) is 15.0. The van der Waals surface area contributed by atoms with Crippen molar-refractivity contribution < 1.29 is 4.79 Å². The molecule has 0 radical (unpaired) electrons. The van der Waals surface area contributed by atoms with Crippen molar-refractivity contribution in [3.8, 4) is 0 Å². The minimum Gasteiger partial charge on any atom is -0.338 e. The molecule has 0 fully saturated rings. The lowest BCUT2D eigenvalue weighted by Gasteiger charge is -2.26. The second kappa shape index (κ2) is 5.56. The van der Waals surface area contributed by atoms with Gasteiger partial charge >= 0.3 is 0 Å². The number of halogens is 2. The summed E-state index contributed by atoms with van der Waals surface area (Å²) in [5, 5.41) is 3.88. The first-order valence-corrected chi connectivity index (χ1v) is 7.20. The Morgan fingerprint density at radius 2 is 1.95 bits per heavy atom. The molecular weight excluding hydrogens is 309 g/mol. The number of nitrogens with zero attached hydrogens (tertiary/aromatic N) is 1. The molecule has 1 unspecified atom stereocenters.